The molecule has 0 heterocycles. The molecule has 0 aliphatic carbocycles. The summed E-state index contributed by atoms with van der Waals surface area (Å²) in [5.41, 5.74) is 5.71. The van der Waals surface area contributed by atoms with Crippen molar-refractivity contribution in [3.63, 3.8) is 0 Å². The zero-order valence-corrected chi connectivity index (χ0v) is 12.4. The van der Waals surface area contributed by atoms with Gasteiger partial charge in [-0.3, -0.25) is 0 Å². The third-order valence-electron chi connectivity index (χ3n) is 2.70. The van der Waals surface area contributed by atoms with Crippen LogP contribution in [0.4, 0.5) is 4.39 Å². The van der Waals surface area contributed by atoms with Crippen LogP contribution in [0.3, 0.4) is 0 Å². The zero-order valence-electron chi connectivity index (χ0n) is 11.5. The summed E-state index contributed by atoms with van der Waals surface area (Å²) in [7, 11) is -2.00. The molecule has 0 unspecified atom stereocenters. The van der Waals surface area contributed by atoms with Gasteiger partial charge in [0.25, 0.3) is 0 Å². The van der Waals surface area contributed by atoms with Gasteiger partial charge in [-0.15, -0.1) is 0 Å². The summed E-state index contributed by atoms with van der Waals surface area (Å²) in [6.07, 6.45) is 0.358. The maximum atomic E-state index is 13.8. The number of nitrogens with two attached hydrogens (primary N) is 1. The number of oxime groups is 1. The summed E-state index contributed by atoms with van der Waals surface area (Å²) in [5.74, 6) is -0.954. The van der Waals surface area contributed by atoms with Crippen LogP contribution < -0.4 is 10.5 Å². The number of hydrogen-bond acceptors (Lipinski definition) is 5. The Bertz CT molecular complexity index is 605. The first-order valence-corrected chi connectivity index (χ1v) is 7.77. The minimum atomic E-state index is -3.48. The van der Waals surface area contributed by atoms with Crippen molar-refractivity contribution in [2.75, 3.05) is 19.5 Å². The Morgan fingerprint density at radius 1 is 1.52 bits per heavy atom. The fourth-order valence-corrected chi connectivity index (χ4v) is 2.58. The van der Waals surface area contributed by atoms with Gasteiger partial charge in [0.1, 0.15) is 5.82 Å². The van der Waals surface area contributed by atoms with Crippen LogP contribution in [-0.2, 0) is 21.3 Å². The second-order valence-electron chi connectivity index (χ2n) is 4.28. The van der Waals surface area contributed by atoms with Crippen molar-refractivity contribution in [1.82, 2.24) is 4.72 Å². The molecule has 1 rings (SSSR count). The van der Waals surface area contributed by atoms with E-state index in [9.17, 15) is 12.8 Å². The molecule has 0 saturated carbocycles. The molecular weight excluding hydrogens is 301 g/mol. The van der Waals surface area contributed by atoms with Crippen LogP contribution >= 0.6 is 0 Å². The molecule has 0 bridgehead atoms. The Balaban J connectivity index is 2.68. The van der Waals surface area contributed by atoms with Crippen molar-refractivity contribution >= 4 is 15.9 Å². The minimum absolute atomic E-state index is 0.0926. The van der Waals surface area contributed by atoms with Gasteiger partial charge >= 0.3 is 0 Å². The normalized spacial score (nSPS) is 12.6. The Morgan fingerprint density at radius 2 is 2.24 bits per heavy atom. The van der Waals surface area contributed by atoms with E-state index in [2.05, 4.69) is 9.88 Å². The maximum Gasteiger partial charge on any atom is 0.211 e. The number of sulfonamides is 1. The fourth-order valence-electron chi connectivity index (χ4n) is 1.56. The Kier molecular flexibility index (Phi) is 6.53. The van der Waals surface area contributed by atoms with Gasteiger partial charge in [-0.2, -0.15) is 0 Å². The molecule has 7 nitrogen and oxygen atoms in total. The molecular formula is C12H18FN3O4S. The van der Waals surface area contributed by atoms with Crippen LogP contribution in [0.5, 0.6) is 0 Å². The molecule has 4 N–H and O–H groups in total. The number of ether oxygens (including phenoxy) is 1. The molecule has 118 valence electrons. The number of hydrogen-bond donors (Lipinski definition) is 3. The largest absolute Gasteiger partial charge is 0.409 e. The van der Waals surface area contributed by atoms with Crippen molar-refractivity contribution in [2.45, 2.75) is 13.0 Å². The lowest BCUT2D eigenvalue weighted by Crippen LogP contribution is -2.27. The van der Waals surface area contributed by atoms with Crippen molar-refractivity contribution in [2.24, 2.45) is 10.9 Å². The van der Waals surface area contributed by atoms with E-state index in [4.69, 9.17) is 15.7 Å². The average molecular weight is 319 g/mol. The molecule has 0 amide bonds. The SMILES string of the molecule is COCCCS(=O)(=O)NCc1ccc(C(N)=NO)cc1F. The van der Waals surface area contributed by atoms with Crippen LogP contribution in [-0.4, -0.2) is 38.9 Å². The van der Waals surface area contributed by atoms with Gasteiger partial charge in [0.05, 0.1) is 5.75 Å². The van der Waals surface area contributed by atoms with E-state index in [1.807, 2.05) is 0 Å². The van der Waals surface area contributed by atoms with Crippen molar-refractivity contribution in [3.05, 3.63) is 35.1 Å². The molecule has 0 saturated heterocycles. The van der Waals surface area contributed by atoms with Crippen LogP contribution in [0.2, 0.25) is 0 Å². The van der Waals surface area contributed by atoms with Crippen LogP contribution in [0.15, 0.2) is 23.4 Å². The molecule has 9 heteroatoms. The zero-order chi connectivity index (χ0) is 15.9. The van der Waals surface area contributed by atoms with E-state index in [0.717, 1.165) is 6.07 Å². The Hall–Kier alpha value is -1.71. The maximum absolute atomic E-state index is 13.8. The lowest BCUT2D eigenvalue weighted by Gasteiger charge is -2.08. The van der Waals surface area contributed by atoms with E-state index in [1.165, 1.54) is 19.2 Å². The topological polar surface area (TPSA) is 114 Å². The van der Waals surface area contributed by atoms with Gasteiger partial charge < -0.3 is 15.7 Å². The quantitative estimate of drug-likeness (QED) is 0.211. The summed E-state index contributed by atoms with van der Waals surface area (Å²) in [6.45, 7) is 0.168. The number of amidine groups is 1. The highest BCUT2D eigenvalue weighted by Gasteiger charge is 2.12. The second kappa shape index (κ2) is 7.91. The summed E-state index contributed by atoms with van der Waals surface area (Å²) in [6, 6.07) is 3.89. The standard InChI is InChI=1S/C12H18FN3O4S/c1-20-5-2-6-21(18,19)15-8-10-4-3-9(7-11(10)13)12(14)16-17/h3-4,7,15,17H,2,5-6,8H2,1H3,(H2,14,16). The van der Waals surface area contributed by atoms with Gasteiger partial charge in [0.15, 0.2) is 5.84 Å². The first-order chi connectivity index (χ1) is 9.89. The van der Waals surface area contributed by atoms with Crippen molar-refractivity contribution in [3.8, 4) is 0 Å². The fraction of sp³-hybridized carbons (Fsp3) is 0.417. The highest BCUT2D eigenvalue weighted by molar-refractivity contribution is 7.89. The number of halogens is 1. The molecule has 0 aromatic heterocycles. The van der Waals surface area contributed by atoms with Crippen LogP contribution in [0, 0.1) is 5.82 Å². The van der Waals surface area contributed by atoms with Gasteiger partial charge in [-0.1, -0.05) is 17.3 Å². The highest BCUT2D eigenvalue weighted by Crippen LogP contribution is 2.11. The monoisotopic (exact) mass is 319 g/mol. The smallest absolute Gasteiger partial charge is 0.211 e. The van der Waals surface area contributed by atoms with E-state index >= 15 is 0 Å². The van der Waals surface area contributed by atoms with Gasteiger partial charge in [0, 0.05) is 31.4 Å². The second-order valence-corrected chi connectivity index (χ2v) is 6.20. The van der Waals surface area contributed by atoms with Crippen molar-refractivity contribution in [1.29, 1.82) is 0 Å². The van der Waals surface area contributed by atoms with E-state index in [1.54, 1.807) is 0 Å². The minimum Gasteiger partial charge on any atom is -0.409 e. The Labute approximate surface area is 122 Å². The third kappa shape index (κ3) is 5.66. The number of rotatable bonds is 8. The van der Waals surface area contributed by atoms with Gasteiger partial charge in [-0.05, 0) is 12.5 Å². The molecule has 0 radical (unpaired) electrons. The highest BCUT2D eigenvalue weighted by atomic mass is 32.2. The molecule has 1 aromatic rings. The number of benzene rings is 1. The molecule has 1 aromatic carbocycles. The third-order valence-corrected chi connectivity index (χ3v) is 4.11. The summed E-state index contributed by atoms with van der Waals surface area (Å²) in [5, 5.41) is 11.3. The van der Waals surface area contributed by atoms with E-state index in [-0.39, 0.29) is 29.3 Å². The average Bonchev–Trinajstić information content (AvgIpc) is 2.45. The lowest BCUT2D eigenvalue weighted by atomic mass is 10.1. The molecule has 0 atom stereocenters. The molecule has 0 spiro atoms. The predicted octanol–water partition coefficient (Wildman–Crippen LogP) is 0.376. The predicted molar refractivity (Wildman–Crippen MR) is 76.0 cm³/mol. The lowest BCUT2D eigenvalue weighted by molar-refractivity contribution is 0.199. The van der Waals surface area contributed by atoms with Gasteiger partial charge in [0.2, 0.25) is 10.0 Å². The molecule has 21 heavy (non-hydrogen) atoms. The summed E-state index contributed by atoms with van der Waals surface area (Å²) in [4.78, 5) is 0. The molecule has 0 aliphatic heterocycles. The molecule has 0 fully saturated rings. The van der Waals surface area contributed by atoms with Crippen molar-refractivity contribution < 1.29 is 22.8 Å². The van der Waals surface area contributed by atoms with E-state index in [0.29, 0.717) is 13.0 Å². The van der Waals surface area contributed by atoms with Crippen LogP contribution in [0.25, 0.3) is 0 Å². The first kappa shape index (κ1) is 17.3. The number of nitrogens with one attached hydrogen (secondary N) is 1. The van der Waals surface area contributed by atoms with Gasteiger partial charge in [-0.25, -0.2) is 17.5 Å². The summed E-state index contributed by atoms with van der Waals surface area (Å²) < 4.78 is 44.2. The summed E-state index contributed by atoms with van der Waals surface area (Å²) >= 11 is 0. The van der Waals surface area contributed by atoms with E-state index < -0.39 is 15.8 Å². The Morgan fingerprint density at radius 3 is 2.81 bits per heavy atom. The first-order valence-electron chi connectivity index (χ1n) is 6.12. The number of methoxy groups -OCH3 is 1. The van der Waals surface area contributed by atoms with Crippen LogP contribution in [0.1, 0.15) is 17.5 Å². The molecule has 0 aliphatic rings. The number of nitrogens with zero attached hydrogens (tertiary/aromatic N) is 1.